The van der Waals surface area contributed by atoms with Crippen LogP contribution in [0, 0.1) is 0 Å². The number of hydrogen-bond donors (Lipinski definition) is 1. The first-order valence-electron chi connectivity index (χ1n) is 6.66. The van der Waals surface area contributed by atoms with E-state index >= 15 is 0 Å². The minimum atomic E-state index is -0.0171. The number of carbonyl (C=O) groups excluding carboxylic acids is 2. The third-order valence-corrected chi connectivity index (χ3v) is 4.55. The van der Waals surface area contributed by atoms with Crippen molar-refractivity contribution >= 4 is 23.0 Å². The van der Waals surface area contributed by atoms with Gasteiger partial charge in [0.05, 0.1) is 4.88 Å². The number of carbonyl (C=O) groups is 2. The van der Waals surface area contributed by atoms with Gasteiger partial charge in [0.15, 0.2) is 5.78 Å². The highest BCUT2D eigenvalue weighted by atomic mass is 32.1. The molecule has 1 saturated heterocycles. The molecule has 1 aliphatic rings. The highest BCUT2D eigenvalue weighted by Gasteiger charge is 2.30. The molecule has 1 aromatic rings. The highest BCUT2D eigenvalue weighted by Crippen LogP contribution is 2.24. The molecule has 4 nitrogen and oxygen atoms in total. The summed E-state index contributed by atoms with van der Waals surface area (Å²) in [5.74, 6) is 0.0113. The number of nitrogens with zero attached hydrogens (tertiary/aromatic N) is 1. The van der Waals surface area contributed by atoms with Gasteiger partial charge in [0.1, 0.15) is 0 Å². The Labute approximate surface area is 117 Å². The summed E-state index contributed by atoms with van der Waals surface area (Å²) in [4.78, 5) is 26.3. The van der Waals surface area contributed by atoms with E-state index in [-0.39, 0.29) is 23.8 Å². The minimum Gasteiger partial charge on any atom is -0.333 e. The number of rotatable bonds is 3. The van der Waals surface area contributed by atoms with Crippen molar-refractivity contribution < 1.29 is 9.59 Å². The number of likely N-dealkylation sites (tertiary alicyclic amines) is 1. The minimum absolute atomic E-state index is 0.00214. The van der Waals surface area contributed by atoms with Crippen molar-refractivity contribution in [3.63, 3.8) is 0 Å². The lowest BCUT2D eigenvalue weighted by atomic mass is 9.96. The van der Waals surface area contributed by atoms with Gasteiger partial charge in [-0.3, -0.25) is 9.59 Å². The van der Waals surface area contributed by atoms with E-state index in [1.54, 1.807) is 11.4 Å². The molecule has 19 heavy (non-hydrogen) atoms. The van der Waals surface area contributed by atoms with Crippen molar-refractivity contribution in [2.24, 2.45) is 5.73 Å². The number of amides is 1. The maximum atomic E-state index is 12.5. The Bertz CT molecular complexity index is 482. The fraction of sp³-hybridized carbons (Fsp3) is 0.571. The number of nitrogens with two attached hydrogens (primary N) is 1. The van der Waals surface area contributed by atoms with Crippen LogP contribution in [0.3, 0.4) is 0 Å². The third kappa shape index (κ3) is 3.04. The Balaban J connectivity index is 2.18. The van der Waals surface area contributed by atoms with Crippen molar-refractivity contribution in [2.75, 3.05) is 6.54 Å². The van der Waals surface area contributed by atoms with Gasteiger partial charge < -0.3 is 10.6 Å². The molecule has 0 radical (unpaired) electrons. The summed E-state index contributed by atoms with van der Waals surface area (Å²) in [7, 11) is 0. The van der Waals surface area contributed by atoms with Crippen LogP contribution in [0.25, 0.3) is 0 Å². The van der Waals surface area contributed by atoms with Crippen molar-refractivity contribution in [2.45, 2.75) is 45.2 Å². The largest absolute Gasteiger partial charge is 0.333 e. The molecule has 0 aromatic carbocycles. The molecule has 0 aliphatic carbocycles. The number of Topliss-reactive ketones (excluding diaryl/α,β-unsaturated/α-hetero) is 1. The van der Waals surface area contributed by atoms with Gasteiger partial charge in [-0.05, 0) is 39.2 Å². The van der Waals surface area contributed by atoms with Crippen LogP contribution in [0.5, 0.6) is 0 Å². The quantitative estimate of drug-likeness (QED) is 0.864. The maximum absolute atomic E-state index is 12.5. The van der Waals surface area contributed by atoms with Crippen LogP contribution in [0.15, 0.2) is 11.4 Å². The monoisotopic (exact) mass is 280 g/mol. The van der Waals surface area contributed by atoms with Crippen LogP contribution in [-0.2, 0) is 0 Å². The molecule has 5 heteroatoms. The molecule has 0 bridgehead atoms. The van der Waals surface area contributed by atoms with Gasteiger partial charge in [0.25, 0.3) is 5.91 Å². The number of piperidine rings is 1. The summed E-state index contributed by atoms with van der Waals surface area (Å²) < 4.78 is 0. The van der Waals surface area contributed by atoms with E-state index in [1.165, 1.54) is 18.3 Å². The van der Waals surface area contributed by atoms with Crippen LogP contribution in [0.2, 0.25) is 0 Å². The van der Waals surface area contributed by atoms with E-state index in [0.717, 1.165) is 25.8 Å². The summed E-state index contributed by atoms with van der Waals surface area (Å²) in [6, 6.07) is 1.79. The van der Waals surface area contributed by atoms with Gasteiger partial charge in [-0.25, -0.2) is 0 Å². The Morgan fingerprint density at radius 2 is 2.21 bits per heavy atom. The summed E-state index contributed by atoms with van der Waals surface area (Å²) in [6.45, 7) is 4.23. The van der Waals surface area contributed by atoms with E-state index in [9.17, 15) is 9.59 Å². The van der Waals surface area contributed by atoms with Crippen molar-refractivity contribution in [1.29, 1.82) is 0 Å². The van der Waals surface area contributed by atoms with Crippen LogP contribution < -0.4 is 5.73 Å². The van der Waals surface area contributed by atoms with Gasteiger partial charge >= 0.3 is 0 Å². The number of ketones is 1. The first-order chi connectivity index (χ1) is 9.00. The van der Waals surface area contributed by atoms with Crippen molar-refractivity contribution in [3.05, 3.63) is 21.9 Å². The van der Waals surface area contributed by atoms with Crippen molar-refractivity contribution in [1.82, 2.24) is 4.90 Å². The molecular formula is C14H20N2O2S. The Hall–Kier alpha value is -1.20. The second-order valence-electron chi connectivity index (χ2n) is 5.18. The maximum Gasteiger partial charge on any atom is 0.264 e. The molecule has 2 rings (SSSR count). The first kappa shape index (κ1) is 14.2. The molecular weight excluding hydrogens is 260 g/mol. The molecule has 0 spiro atoms. The lowest BCUT2D eigenvalue weighted by Gasteiger charge is -2.37. The van der Waals surface area contributed by atoms with Gasteiger partial charge in [0, 0.05) is 29.6 Å². The lowest BCUT2D eigenvalue weighted by molar-refractivity contribution is 0.0589. The standard InChI is InChI=1S/C14H20N2O2S/c1-9(15)12-5-3-4-6-16(12)14(18)13-7-11(8-19-13)10(2)17/h7-9,12H,3-6,15H2,1-2H3. The molecule has 104 valence electrons. The summed E-state index contributed by atoms with van der Waals surface area (Å²) in [6.07, 6.45) is 3.12. The molecule has 1 aromatic heterocycles. The zero-order valence-electron chi connectivity index (χ0n) is 11.4. The van der Waals surface area contributed by atoms with Gasteiger partial charge in [-0.2, -0.15) is 0 Å². The van der Waals surface area contributed by atoms with Crippen LogP contribution in [-0.4, -0.2) is 35.2 Å². The van der Waals surface area contributed by atoms with Crippen LogP contribution >= 0.6 is 11.3 Å². The van der Waals surface area contributed by atoms with E-state index in [2.05, 4.69) is 0 Å². The van der Waals surface area contributed by atoms with Gasteiger partial charge in [-0.1, -0.05) is 0 Å². The smallest absolute Gasteiger partial charge is 0.264 e. The Morgan fingerprint density at radius 3 is 2.79 bits per heavy atom. The van der Waals surface area contributed by atoms with Gasteiger partial charge in [0.2, 0.25) is 0 Å². The van der Waals surface area contributed by atoms with Gasteiger partial charge in [-0.15, -0.1) is 11.3 Å². The Morgan fingerprint density at radius 1 is 1.47 bits per heavy atom. The zero-order chi connectivity index (χ0) is 14.0. The van der Waals surface area contributed by atoms with Crippen molar-refractivity contribution in [3.8, 4) is 0 Å². The molecule has 1 aliphatic heterocycles. The van der Waals surface area contributed by atoms with E-state index in [4.69, 9.17) is 5.73 Å². The third-order valence-electron chi connectivity index (χ3n) is 3.63. The zero-order valence-corrected chi connectivity index (χ0v) is 12.2. The molecule has 0 saturated carbocycles. The highest BCUT2D eigenvalue weighted by molar-refractivity contribution is 7.12. The summed E-state index contributed by atoms with van der Waals surface area (Å²) >= 11 is 1.34. The normalized spacial score (nSPS) is 21.2. The Kier molecular flexibility index (Phi) is 4.37. The summed E-state index contributed by atoms with van der Waals surface area (Å²) in [5.41, 5.74) is 6.60. The first-order valence-corrected chi connectivity index (χ1v) is 7.54. The van der Waals surface area contributed by atoms with E-state index < -0.39 is 0 Å². The molecule has 2 N–H and O–H groups in total. The predicted molar refractivity (Wildman–Crippen MR) is 76.6 cm³/mol. The van der Waals surface area contributed by atoms with E-state index in [0.29, 0.717) is 10.4 Å². The van der Waals surface area contributed by atoms with E-state index in [1.807, 2.05) is 11.8 Å². The molecule has 2 heterocycles. The number of hydrogen-bond acceptors (Lipinski definition) is 4. The number of thiophene rings is 1. The molecule has 1 amide bonds. The molecule has 1 fully saturated rings. The second-order valence-corrected chi connectivity index (χ2v) is 6.09. The average molecular weight is 280 g/mol. The van der Waals surface area contributed by atoms with Crippen LogP contribution in [0.1, 0.15) is 53.1 Å². The fourth-order valence-electron chi connectivity index (χ4n) is 2.53. The second kappa shape index (κ2) is 5.84. The molecule has 2 atom stereocenters. The predicted octanol–water partition coefficient (Wildman–Crippen LogP) is 2.29. The molecule has 2 unspecified atom stereocenters. The lowest BCUT2D eigenvalue weighted by Crippen LogP contribution is -2.51. The average Bonchev–Trinajstić information content (AvgIpc) is 2.87. The fourth-order valence-corrected chi connectivity index (χ4v) is 3.43. The SMILES string of the molecule is CC(=O)c1csc(C(=O)N2CCCCC2C(C)N)c1. The van der Waals surface area contributed by atoms with Crippen LogP contribution in [0.4, 0.5) is 0 Å². The summed E-state index contributed by atoms with van der Waals surface area (Å²) in [5, 5.41) is 1.75. The topological polar surface area (TPSA) is 63.4 Å².